The van der Waals surface area contributed by atoms with Crippen LogP contribution in [0.1, 0.15) is 45.0 Å². The minimum absolute atomic E-state index is 0.295. The number of nitrogens with one attached hydrogen (secondary N) is 1. The Labute approximate surface area is 120 Å². The van der Waals surface area contributed by atoms with Crippen LogP contribution in [0.2, 0.25) is 0 Å². The van der Waals surface area contributed by atoms with Gasteiger partial charge in [-0.15, -0.1) is 0 Å². The van der Waals surface area contributed by atoms with Crippen molar-refractivity contribution in [3.63, 3.8) is 0 Å². The van der Waals surface area contributed by atoms with Gasteiger partial charge in [0.15, 0.2) is 0 Å². The average molecular weight is 272 g/mol. The summed E-state index contributed by atoms with van der Waals surface area (Å²) in [4.78, 5) is 4.44. The Bertz CT molecular complexity index is 505. The van der Waals surface area contributed by atoms with Gasteiger partial charge in [-0.1, -0.05) is 12.0 Å². The van der Waals surface area contributed by atoms with Gasteiger partial charge >= 0.3 is 7.12 Å². The second-order valence-corrected chi connectivity index (χ2v) is 6.46. The monoisotopic (exact) mass is 272 g/mol. The molecule has 0 amide bonds. The van der Waals surface area contributed by atoms with Crippen molar-refractivity contribution in [3.8, 4) is 0 Å². The first-order valence-corrected chi connectivity index (χ1v) is 7.11. The summed E-state index contributed by atoms with van der Waals surface area (Å²) in [7, 11) is -0.313. The molecule has 1 N–H and O–H groups in total. The van der Waals surface area contributed by atoms with Crippen LogP contribution >= 0.6 is 0 Å². The summed E-state index contributed by atoms with van der Waals surface area (Å²) in [6.07, 6.45) is 3.88. The fraction of sp³-hybridized carbons (Fsp3) is 0.533. The van der Waals surface area contributed by atoms with E-state index >= 15 is 0 Å². The van der Waals surface area contributed by atoms with Crippen molar-refractivity contribution in [1.29, 1.82) is 0 Å². The van der Waals surface area contributed by atoms with Crippen LogP contribution in [0.25, 0.3) is 6.08 Å². The second kappa shape index (κ2) is 4.69. The van der Waals surface area contributed by atoms with E-state index in [1.54, 1.807) is 0 Å². The molecule has 1 aromatic rings. The van der Waals surface area contributed by atoms with Gasteiger partial charge in [0, 0.05) is 18.8 Å². The summed E-state index contributed by atoms with van der Waals surface area (Å²) in [5.41, 5.74) is 1.58. The number of hydrogen-bond acceptors (Lipinski definition) is 4. The quantitative estimate of drug-likeness (QED) is 0.678. The van der Waals surface area contributed by atoms with Crippen LogP contribution in [0, 0.1) is 0 Å². The van der Waals surface area contributed by atoms with Crippen LogP contribution in [-0.4, -0.2) is 29.8 Å². The maximum absolute atomic E-state index is 5.91. The van der Waals surface area contributed by atoms with E-state index in [9.17, 15) is 0 Å². The van der Waals surface area contributed by atoms with Gasteiger partial charge < -0.3 is 14.6 Å². The molecule has 2 aliphatic rings. The van der Waals surface area contributed by atoms with E-state index in [2.05, 4.69) is 44.1 Å². The van der Waals surface area contributed by atoms with E-state index in [1.165, 1.54) is 5.56 Å². The Morgan fingerprint density at radius 1 is 1.25 bits per heavy atom. The normalized spacial score (nSPS) is 27.2. The van der Waals surface area contributed by atoms with Crippen molar-refractivity contribution in [2.45, 2.75) is 44.9 Å². The molecule has 2 saturated heterocycles. The van der Waals surface area contributed by atoms with E-state index in [-0.39, 0.29) is 18.3 Å². The zero-order valence-corrected chi connectivity index (χ0v) is 12.5. The van der Waals surface area contributed by atoms with Crippen LogP contribution < -0.4 is 5.32 Å². The van der Waals surface area contributed by atoms with Gasteiger partial charge in [-0.25, -0.2) is 0 Å². The summed E-state index contributed by atoms with van der Waals surface area (Å²) in [6, 6.07) is 4.64. The molecule has 106 valence electrons. The molecule has 0 saturated carbocycles. The summed E-state index contributed by atoms with van der Waals surface area (Å²) >= 11 is 0. The first kappa shape index (κ1) is 13.8. The van der Waals surface area contributed by atoms with Gasteiger partial charge in [-0.2, -0.15) is 0 Å². The molecule has 2 fully saturated rings. The van der Waals surface area contributed by atoms with Crippen LogP contribution in [0.4, 0.5) is 0 Å². The molecule has 0 aromatic carbocycles. The van der Waals surface area contributed by atoms with Crippen molar-refractivity contribution in [2.75, 3.05) is 6.54 Å². The molecule has 5 heteroatoms. The number of nitrogens with zero attached hydrogens (tertiary/aromatic N) is 1. The molecule has 2 aliphatic heterocycles. The van der Waals surface area contributed by atoms with Crippen LogP contribution in [0.3, 0.4) is 0 Å². The molecule has 3 heterocycles. The predicted octanol–water partition coefficient (Wildman–Crippen LogP) is 2.37. The van der Waals surface area contributed by atoms with E-state index in [0.717, 1.165) is 12.2 Å². The summed E-state index contributed by atoms with van der Waals surface area (Å²) < 4.78 is 11.8. The van der Waals surface area contributed by atoms with Crippen molar-refractivity contribution in [1.82, 2.24) is 10.3 Å². The Hall–Kier alpha value is -1.17. The summed E-state index contributed by atoms with van der Waals surface area (Å²) in [5, 5.41) is 3.27. The highest BCUT2D eigenvalue weighted by Crippen LogP contribution is 2.37. The van der Waals surface area contributed by atoms with Gasteiger partial charge in [0.1, 0.15) is 0 Å². The first-order valence-electron chi connectivity index (χ1n) is 7.11. The average Bonchev–Trinajstić information content (AvgIpc) is 3.17. The molecule has 20 heavy (non-hydrogen) atoms. The Morgan fingerprint density at radius 2 is 1.90 bits per heavy atom. The molecule has 0 aliphatic carbocycles. The van der Waals surface area contributed by atoms with Crippen LogP contribution in [0.5, 0.6) is 0 Å². The molecular weight excluding hydrogens is 251 g/mol. The fourth-order valence-corrected chi connectivity index (χ4v) is 2.16. The number of rotatable bonds is 3. The van der Waals surface area contributed by atoms with Crippen molar-refractivity contribution in [3.05, 3.63) is 35.6 Å². The van der Waals surface area contributed by atoms with Gasteiger partial charge in [-0.05, 0) is 45.4 Å². The number of aromatic nitrogens is 1. The Kier molecular flexibility index (Phi) is 3.24. The first-order chi connectivity index (χ1) is 9.37. The topological polar surface area (TPSA) is 53.3 Å². The lowest BCUT2D eigenvalue weighted by molar-refractivity contribution is 0.00578. The maximum atomic E-state index is 5.91. The van der Waals surface area contributed by atoms with Crippen molar-refractivity contribution < 1.29 is 9.31 Å². The zero-order chi connectivity index (χ0) is 14.4. The minimum Gasteiger partial charge on any atom is -0.400 e. The Balaban J connectivity index is 1.65. The molecule has 3 rings (SSSR count). The van der Waals surface area contributed by atoms with Crippen LogP contribution in [-0.2, 0) is 9.31 Å². The highest BCUT2D eigenvalue weighted by Gasteiger charge is 2.49. The summed E-state index contributed by atoms with van der Waals surface area (Å²) in [5.74, 6) is 1.92. The van der Waals surface area contributed by atoms with Crippen LogP contribution in [0.15, 0.2) is 24.3 Å². The highest BCUT2D eigenvalue weighted by atomic mass is 16.7. The maximum Gasteiger partial charge on any atom is 0.487 e. The molecule has 0 unspecified atom stereocenters. The van der Waals surface area contributed by atoms with Gasteiger partial charge in [0.05, 0.1) is 16.9 Å². The van der Waals surface area contributed by atoms with E-state index < -0.39 is 0 Å². The highest BCUT2D eigenvalue weighted by molar-refractivity contribution is 6.52. The molecule has 0 radical (unpaired) electrons. The molecular formula is C15H21BN2O2. The third kappa shape index (κ3) is 2.66. The van der Waals surface area contributed by atoms with Crippen molar-refractivity contribution in [2.24, 2.45) is 0 Å². The van der Waals surface area contributed by atoms with E-state index in [4.69, 9.17) is 9.31 Å². The summed E-state index contributed by atoms with van der Waals surface area (Å²) in [6.45, 7) is 9.27. The molecule has 1 aromatic heterocycles. The predicted molar refractivity (Wildman–Crippen MR) is 80.1 cm³/mol. The number of pyridine rings is 1. The lowest BCUT2D eigenvalue weighted by atomic mass is 9.89. The lowest BCUT2D eigenvalue weighted by Gasteiger charge is -2.32. The third-order valence-electron chi connectivity index (χ3n) is 4.32. The minimum atomic E-state index is -0.313. The smallest absolute Gasteiger partial charge is 0.400 e. The Morgan fingerprint density at radius 3 is 2.40 bits per heavy atom. The number of hydrogen-bond donors (Lipinski definition) is 1. The largest absolute Gasteiger partial charge is 0.487 e. The SMILES string of the molecule is CC1(C)OB(/C=C/c2ccc([C@@H]3CN3)cn2)OC1(C)C. The molecule has 1 atom stereocenters. The molecule has 0 bridgehead atoms. The van der Waals surface area contributed by atoms with E-state index in [1.807, 2.05) is 24.3 Å². The zero-order valence-electron chi connectivity index (χ0n) is 12.5. The van der Waals surface area contributed by atoms with Gasteiger partial charge in [0.25, 0.3) is 0 Å². The van der Waals surface area contributed by atoms with Crippen molar-refractivity contribution >= 4 is 13.2 Å². The van der Waals surface area contributed by atoms with Gasteiger partial charge in [-0.3, -0.25) is 4.98 Å². The second-order valence-electron chi connectivity index (χ2n) is 6.46. The van der Waals surface area contributed by atoms with Gasteiger partial charge in [0.2, 0.25) is 0 Å². The fourth-order valence-electron chi connectivity index (χ4n) is 2.16. The molecule has 4 nitrogen and oxygen atoms in total. The lowest BCUT2D eigenvalue weighted by Crippen LogP contribution is -2.41. The van der Waals surface area contributed by atoms with E-state index in [0.29, 0.717) is 6.04 Å². The standard InChI is InChI=1S/C15H21BN2O2/c1-14(2)15(3,4)20-16(19-14)8-7-12-6-5-11(9-17-12)13-10-18-13/h5-9,13,18H,10H2,1-4H3/b8-7+/t13-/m0/s1. The molecule has 0 spiro atoms. The third-order valence-corrected chi connectivity index (χ3v) is 4.32.